The molecule has 0 aliphatic heterocycles. The van der Waals surface area contributed by atoms with E-state index in [-0.39, 0.29) is 29.9 Å². The lowest BCUT2D eigenvalue weighted by Gasteiger charge is -2.29. The summed E-state index contributed by atoms with van der Waals surface area (Å²) in [6.45, 7) is 3.79. The van der Waals surface area contributed by atoms with Gasteiger partial charge in [-0.15, -0.1) is 0 Å². The third-order valence-electron chi connectivity index (χ3n) is 3.49. The van der Waals surface area contributed by atoms with Crippen molar-refractivity contribution >= 4 is 11.9 Å². The van der Waals surface area contributed by atoms with Crippen LogP contribution in [-0.2, 0) is 19.1 Å². The summed E-state index contributed by atoms with van der Waals surface area (Å²) >= 11 is 0. The normalized spacial score (nSPS) is 26.1. The maximum absolute atomic E-state index is 11.7. The van der Waals surface area contributed by atoms with Crippen LogP contribution in [0.5, 0.6) is 0 Å². The van der Waals surface area contributed by atoms with E-state index in [1.54, 1.807) is 0 Å². The van der Waals surface area contributed by atoms with Crippen molar-refractivity contribution in [1.82, 2.24) is 0 Å². The maximum Gasteiger partial charge on any atom is 0.312 e. The molecule has 0 amide bonds. The van der Waals surface area contributed by atoms with Gasteiger partial charge in [-0.1, -0.05) is 20.3 Å². The van der Waals surface area contributed by atoms with Crippen molar-refractivity contribution < 1.29 is 19.1 Å². The minimum Gasteiger partial charge on any atom is -0.469 e. The fraction of sp³-hybridized carbons (Fsp3) is 0.846. The minimum atomic E-state index is -0.294. The molecule has 98 valence electrons. The van der Waals surface area contributed by atoms with Crippen molar-refractivity contribution in [3.63, 3.8) is 0 Å². The lowest BCUT2D eigenvalue weighted by molar-refractivity contribution is -0.165. The molecule has 0 spiro atoms. The number of rotatable bonds is 4. The van der Waals surface area contributed by atoms with Crippen LogP contribution in [0.4, 0.5) is 0 Å². The molecule has 0 aromatic rings. The summed E-state index contributed by atoms with van der Waals surface area (Å²) in [5, 5.41) is 0. The predicted molar refractivity (Wildman–Crippen MR) is 63.3 cm³/mol. The molecular weight excluding hydrogens is 220 g/mol. The largest absolute Gasteiger partial charge is 0.469 e. The Bertz CT molecular complexity index is 275. The molecule has 1 fully saturated rings. The molecule has 1 aliphatic rings. The molecular formula is C13H22O4. The summed E-state index contributed by atoms with van der Waals surface area (Å²) in [5.41, 5.74) is 0. The molecule has 0 aromatic carbocycles. The Morgan fingerprint density at radius 3 is 2.53 bits per heavy atom. The van der Waals surface area contributed by atoms with E-state index in [0.29, 0.717) is 0 Å². The van der Waals surface area contributed by atoms with Gasteiger partial charge in [-0.3, -0.25) is 9.59 Å². The lowest BCUT2D eigenvalue weighted by Crippen LogP contribution is -2.37. The summed E-state index contributed by atoms with van der Waals surface area (Å²) in [6.07, 6.45) is 3.99. The first-order valence-corrected chi connectivity index (χ1v) is 6.38. The predicted octanol–water partition coefficient (Wildman–Crippen LogP) is 2.31. The fourth-order valence-electron chi connectivity index (χ4n) is 2.09. The van der Waals surface area contributed by atoms with Crippen molar-refractivity contribution in [3.05, 3.63) is 0 Å². The van der Waals surface area contributed by atoms with E-state index in [1.165, 1.54) is 7.11 Å². The van der Waals surface area contributed by atoms with Crippen molar-refractivity contribution in [3.8, 4) is 0 Å². The first-order valence-electron chi connectivity index (χ1n) is 6.38. The number of carbonyl (C=O) groups excluding carboxylic acids is 2. The van der Waals surface area contributed by atoms with Gasteiger partial charge in [0.2, 0.25) is 0 Å². The molecule has 0 N–H and O–H groups in total. The van der Waals surface area contributed by atoms with E-state index in [0.717, 1.165) is 32.1 Å². The highest BCUT2D eigenvalue weighted by Gasteiger charge is 2.35. The molecule has 1 rings (SSSR count). The van der Waals surface area contributed by atoms with E-state index in [1.807, 2.05) is 13.8 Å². The van der Waals surface area contributed by atoms with Gasteiger partial charge in [0.05, 0.1) is 18.9 Å². The highest BCUT2D eigenvalue weighted by Crippen LogP contribution is 2.28. The Kier molecular flexibility index (Phi) is 5.45. The van der Waals surface area contributed by atoms with Gasteiger partial charge < -0.3 is 9.47 Å². The Hall–Kier alpha value is -1.06. The Morgan fingerprint density at radius 2 is 1.94 bits per heavy atom. The van der Waals surface area contributed by atoms with Crippen molar-refractivity contribution in [2.45, 2.75) is 52.1 Å². The molecule has 0 saturated heterocycles. The van der Waals surface area contributed by atoms with Crippen LogP contribution in [-0.4, -0.2) is 25.2 Å². The van der Waals surface area contributed by atoms with Crippen molar-refractivity contribution in [2.75, 3.05) is 7.11 Å². The molecule has 4 heteroatoms. The second kappa shape index (κ2) is 6.62. The zero-order valence-electron chi connectivity index (χ0n) is 10.9. The van der Waals surface area contributed by atoms with Crippen LogP contribution >= 0.6 is 0 Å². The molecule has 17 heavy (non-hydrogen) atoms. The van der Waals surface area contributed by atoms with E-state index in [2.05, 4.69) is 0 Å². The maximum atomic E-state index is 11.7. The van der Waals surface area contributed by atoms with Gasteiger partial charge in [0.25, 0.3) is 0 Å². The van der Waals surface area contributed by atoms with E-state index in [4.69, 9.17) is 9.47 Å². The van der Waals surface area contributed by atoms with Crippen LogP contribution in [0, 0.1) is 11.8 Å². The number of hydrogen-bond acceptors (Lipinski definition) is 4. The van der Waals surface area contributed by atoms with Gasteiger partial charge in [-0.05, 0) is 25.7 Å². The molecule has 4 nitrogen and oxygen atoms in total. The Labute approximate surface area is 103 Å². The second-order valence-electron chi connectivity index (χ2n) is 4.70. The van der Waals surface area contributed by atoms with Crippen molar-refractivity contribution in [2.24, 2.45) is 11.8 Å². The highest BCUT2D eigenvalue weighted by molar-refractivity contribution is 5.75. The quantitative estimate of drug-likeness (QED) is 0.710. The van der Waals surface area contributed by atoms with Gasteiger partial charge in [-0.2, -0.15) is 0 Å². The van der Waals surface area contributed by atoms with E-state index < -0.39 is 0 Å². The summed E-state index contributed by atoms with van der Waals surface area (Å²) in [7, 11) is 1.38. The fourth-order valence-corrected chi connectivity index (χ4v) is 2.09. The van der Waals surface area contributed by atoms with Crippen LogP contribution in [0.25, 0.3) is 0 Å². The number of hydrogen-bond donors (Lipinski definition) is 0. The van der Waals surface area contributed by atoms with Gasteiger partial charge in [0.15, 0.2) is 0 Å². The SMILES string of the molecule is CC[C@H](C)C(=O)O[C@H]1CCCC[C@H]1C(=O)OC. The van der Waals surface area contributed by atoms with Crippen LogP contribution in [0.2, 0.25) is 0 Å². The van der Waals surface area contributed by atoms with Gasteiger partial charge >= 0.3 is 11.9 Å². The van der Waals surface area contributed by atoms with Gasteiger partial charge in [0.1, 0.15) is 6.10 Å². The van der Waals surface area contributed by atoms with Crippen LogP contribution in [0.15, 0.2) is 0 Å². The number of methoxy groups -OCH3 is 1. The standard InChI is InChI=1S/C13H22O4/c1-4-9(2)12(14)17-11-8-6-5-7-10(11)13(15)16-3/h9-11H,4-8H2,1-3H3/t9-,10+,11-/m0/s1. The molecule has 1 saturated carbocycles. The molecule has 0 heterocycles. The molecule has 0 aromatic heterocycles. The molecule has 0 bridgehead atoms. The third-order valence-corrected chi connectivity index (χ3v) is 3.49. The average Bonchev–Trinajstić information content (AvgIpc) is 2.37. The monoisotopic (exact) mass is 242 g/mol. The third kappa shape index (κ3) is 3.72. The first-order chi connectivity index (χ1) is 8.10. The first kappa shape index (κ1) is 14.0. The van der Waals surface area contributed by atoms with E-state index >= 15 is 0 Å². The molecule has 3 atom stereocenters. The number of esters is 2. The zero-order valence-corrected chi connectivity index (χ0v) is 10.9. The molecule has 0 radical (unpaired) electrons. The average molecular weight is 242 g/mol. The van der Waals surface area contributed by atoms with Crippen LogP contribution in [0.3, 0.4) is 0 Å². The lowest BCUT2D eigenvalue weighted by atomic mass is 9.86. The highest BCUT2D eigenvalue weighted by atomic mass is 16.6. The van der Waals surface area contributed by atoms with E-state index in [9.17, 15) is 9.59 Å². The van der Waals surface area contributed by atoms with Crippen molar-refractivity contribution in [1.29, 1.82) is 0 Å². The van der Waals surface area contributed by atoms with Crippen LogP contribution < -0.4 is 0 Å². The Morgan fingerprint density at radius 1 is 1.29 bits per heavy atom. The summed E-state index contributed by atoms with van der Waals surface area (Å²) in [5.74, 6) is -0.836. The topological polar surface area (TPSA) is 52.6 Å². The molecule has 0 unspecified atom stereocenters. The summed E-state index contributed by atoms with van der Waals surface area (Å²) in [4.78, 5) is 23.3. The van der Waals surface area contributed by atoms with Gasteiger partial charge in [0, 0.05) is 0 Å². The zero-order chi connectivity index (χ0) is 12.8. The number of ether oxygens (including phenoxy) is 2. The Balaban J connectivity index is 2.59. The second-order valence-corrected chi connectivity index (χ2v) is 4.70. The minimum absolute atomic E-state index is 0.102. The van der Waals surface area contributed by atoms with Crippen LogP contribution in [0.1, 0.15) is 46.0 Å². The van der Waals surface area contributed by atoms with Gasteiger partial charge in [-0.25, -0.2) is 0 Å². The smallest absolute Gasteiger partial charge is 0.312 e. The summed E-state index contributed by atoms with van der Waals surface area (Å²) < 4.78 is 10.2. The molecule has 1 aliphatic carbocycles. The summed E-state index contributed by atoms with van der Waals surface area (Å²) in [6, 6.07) is 0. The number of carbonyl (C=O) groups is 2.